The van der Waals surface area contributed by atoms with Crippen LogP contribution in [-0.2, 0) is 0 Å². The number of hydrogen-bond acceptors (Lipinski definition) is 0. The van der Waals surface area contributed by atoms with Crippen LogP contribution >= 0.6 is 0 Å². The molecule has 0 nitrogen and oxygen atoms in total. The lowest BCUT2D eigenvalue weighted by molar-refractivity contribution is 0.290. The Hall–Kier alpha value is -2.96. The van der Waals surface area contributed by atoms with Crippen molar-refractivity contribution in [3.63, 3.8) is 0 Å². The maximum atomic E-state index is 3.31. The fourth-order valence-electron chi connectivity index (χ4n) is 5.84. The molecular formula is C40H54. The van der Waals surface area contributed by atoms with E-state index in [0.29, 0.717) is 11.3 Å². The van der Waals surface area contributed by atoms with E-state index in [-0.39, 0.29) is 5.41 Å². The van der Waals surface area contributed by atoms with Crippen molar-refractivity contribution in [2.75, 3.05) is 0 Å². The van der Waals surface area contributed by atoms with E-state index in [1.165, 1.54) is 60.8 Å². The molecule has 0 N–H and O–H groups in total. The van der Waals surface area contributed by atoms with E-state index < -0.39 is 0 Å². The van der Waals surface area contributed by atoms with Gasteiger partial charge in [-0.3, -0.25) is 0 Å². The van der Waals surface area contributed by atoms with Crippen molar-refractivity contribution in [3.8, 4) is 23.7 Å². The Balaban J connectivity index is 1.89. The smallest absolute Gasteiger partial charge is 0.0309 e. The van der Waals surface area contributed by atoms with Gasteiger partial charge in [0.15, 0.2) is 0 Å². The fraction of sp³-hybridized carbons (Fsp3) is 0.500. The predicted octanol–water partition coefficient (Wildman–Crippen LogP) is 11.6. The first-order chi connectivity index (χ1) is 18.8. The highest BCUT2D eigenvalue weighted by atomic mass is 14.4. The highest BCUT2D eigenvalue weighted by Gasteiger charge is 2.30. The number of rotatable bonds is 6. The molecule has 0 heterocycles. The Morgan fingerprint density at radius 1 is 0.875 bits per heavy atom. The average molecular weight is 535 g/mol. The number of allylic oxidation sites excluding steroid dienone is 16. The van der Waals surface area contributed by atoms with E-state index >= 15 is 0 Å². The molecular weight excluding hydrogens is 480 g/mol. The van der Waals surface area contributed by atoms with Gasteiger partial charge in [0.1, 0.15) is 0 Å². The molecule has 0 bridgehead atoms. The van der Waals surface area contributed by atoms with Gasteiger partial charge in [-0.1, -0.05) is 130 Å². The zero-order valence-corrected chi connectivity index (χ0v) is 27.2. The zero-order valence-electron chi connectivity index (χ0n) is 27.2. The van der Waals surface area contributed by atoms with Gasteiger partial charge in [0.05, 0.1) is 0 Å². The van der Waals surface area contributed by atoms with Crippen LogP contribution in [0.1, 0.15) is 114 Å². The van der Waals surface area contributed by atoms with Gasteiger partial charge < -0.3 is 0 Å². The fourth-order valence-corrected chi connectivity index (χ4v) is 5.84. The normalized spacial score (nSPS) is 23.4. The molecule has 1 unspecified atom stereocenters. The molecule has 0 aromatic rings. The summed E-state index contributed by atoms with van der Waals surface area (Å²) in [6.45, 7) is 22.6. The molecule has 2 aliphatic rings. The first-order valence-corrected chi connectivity index (χ1v) is 15.3. The van der Waals surface area contributed by atoms with Gasteiger partial charge >= 0.3 is 0 Å². The lowest BCUT2D eigenvalue weighted by atomic mass is 9.68. The summed E-state index contributed by atoms with van der Waals surface area (Å²) >= 11 is 0. The highest BCUT2D eigenvalue weighted by Crippen LogP contribution is 2.43. The van der Waals surface area contributed by atoms with Gasteiger partial charge in [0.25, 0.3) is 0 Å². The minimum Gasteiger partial charge on any atom is -0.0938 e. The van der Waals surface area contributed by atoms with E-state index in [4.69, 9.17) is 0 Å². The van der Waals surface area contributed by atoms with E-state index in [1.54, 1.807) is 5.57 Å². The monoisotopic (exact) mass is 534 g/mol. The van der Waals surface area contributed by atoms with Crippen LogP contribution in [0, 0.1) is 40.4 Å². The van der Waals surface area contributed by atoms with Crippen molar-refractivity contribution in [1.29, 1.82) is 0 Å². The van der Waals surface area contributed by atoms with Crippen LogP contribution in [0.5, 0.6) is 0 Å². The third-order valence-electron chi connectivity index (χ3n) is 8.39. The molecule has 2 rings (SSSR count). The van der Waals surface area contributed by atoms with Gasteiger partial charge in [0.2, 0.25) is 0 Å². The van der Waals surface area contributed by atoms with Gasteiger partial charge in [-0.15, -0.1) is 0 Å². The van der Waals surface area contributed by atoms with Crippen LogP contribution in [-0.4, -0.2) is 0 Å². The molecule has 0 aliphatic heterocycles. The summed E-state index contributed by atoms with van der Waals surface area (Å²) in [6.07, 6.45) is 27.9. The van der Waals surface area contributed by atoms with E-state index in [2.05, 4.69) is 135 Å². The van der Waals surface area contributed by atoms with E-state index in [0.717, 1.165) is 17.6 Å². The van der Waals surface area contributed by atoms with Crippen molar-refractivity contribution < 1.29 is 0 Å². The van der Waals surface area contributed by atoms with Crippen molar-refractivity contribution in [3.05, 3.63) is 93.7 Å². The van der Waals surface area contributed by atoms with Crippen LogP contribution in [0.2, 0.25) is 0 Å². The largest absolute Gasteiger partial charge is 0.0938 e. The molecule has 0 aromatic heterocycles. The van der Waals surface area contributed by atoms with Crippen molar-refractivity contribution in [1.82, 2.24) is 0 Å². The summed E-state index contributed by atoms with van der Waals surface area (Å²) in [5.74, 6) is 13.6. The standard InChI is InChI=1S/C40H54/c1-31(19-13-21-33(3)25-27-37-35(5)23-15-29-39(37,7)8)17-11-12-18-32(2)20-14-22-34(4)26-28-38-36(6)24-16-30-40(38,9)10/h13,17-19,21,25-28,36H,15-16,20,23-24,29-30H2,1-10H3/b19-13+,27-25+,31-17+,32-18+,33-21+,34-26+,38-28-. The summed E-state index contributed by atoms with van der Waals surface area (Å²) < 4.78 is 0. The first-order valence-electron chi connectivity index (χ1n) is 15.3. The number of hydrogen-bond donors (Lipinski definition) is 0. The molecule has 1 atom stereocenters. The summed E-state index contributed by atoms with van der Waals surface area (Å²) in [4.78, 5) is 0. The molecule has 0 heteroatoms. The van der Waals surface area contributed by atoms with Crippen molar-refractivity contribution >= 4 is 0 Å². The summed E-state index contributed by atoms with van der Waals surface area (Å²) in [6, 6.07) is 0. The molecule has 2 aliphatic carbocycles. The molecule has 1 saturated carbocycles. The second-order valence-electron chi connectivity index (χ2n) is 13.3. The maximum Gasteiger partial charge on any atom is 0.0309 e. The predicted molar refractivity (Wildman–Crippen MR) is 179 cm³/mol. The minimum atomic E-state index is 0.283. The molecule has 0 amide bonds. The van der Waals surface area contributed by atoms with E-state index in [9.17, 15) is 0 Å². The highest BCUT2D eigenvalue weighted by molar-refractivity contribution is 5.38. The lowest BCUT2D eigenvalue weighted by Crippen LogP contribution is -2.24. The maximum absolute atomic E-state index is 3.31. The molecule has 0 spiro atoms. The third-order valence-corrected chi connectivity index (χ3v) is 8.39. The van der Waals surface area contributed by atoms with Crippen molar-refractivity contribution in [2.45, 2.75) is 114 Å². The SMILES string of the molecule is CC1=C(/C=C/C(C)=C/C=C/C(C)=C/C#C/C=C(\C)CC#C/C(C)=C/C=C2/C(C)CCCC2(C)C)C(C)(C)CCC1. The summed E-state index contributed by atoms with van der Waals surface area (Å²) in [7, 11) is 0. The molecule has 0 radical (unpaired) electrons. The second-order valence-corrected chi connectivity index (χ2v) is 13.3. The van der Waals surface area contributed by atoms with Gasteiger partial charge in [0, 0.05) is 6.42 Å². The van der Waals surface area contributed by atoms with Gasteiger partial charge in [-0.2, -0.15) is 0 Å². The van der Waals surface area contributed by atoms with Crippen LogP contribution in [0.3, 0.4) is 0 Å². The van der Waals surface area contributed by atoms with Crippen LogP contribution < -0.4 is 0 Å². The van der Waals surface area contributed by atoms with Crippen LogP contribution in [0.4, 0.5) is 0 Å². The zero-order chi connectivity index (χ0) is 29.8. The third kappa shape index (κ3) is 11.3. The quantitative estimate of drug-likeness (QED) is 0.235. The Labute approximate surface area is 247 Å². The Bertz CT molecular complexity index is 1260. The summed E-state index contributed by atoms with van der Waals surface area (Å²) in [5.41, 5.74) is 9.91. The van der Waals surface area contributed by atoms with Gasteiger partial charge in [-0.25, -0.2) is 0 Å². The second kappa shape index (κ2) is 15.7. The van der Waals surface area contributed by atoms with Crippen molar-refractivity contribution in [2.24, 2.45) is 16.7 Å². The van der Waals surface area contributed by atoms with Crippen LogP contribution in [0.25, 0.3) is 0 Å². The lowest BCUT2D eigenvalue weighted by Gasteiger charge is -2.37. The topological polar surface area (TPSA) is 0 Å². The molecule has 0 aromatic carbocycles. The van der Waals surface area contributed by atoms with Crippen LogP contribution in [0.15, 0.2) is 93.7 Å². The molecule has 1 fully saturated rings. The molecule has 40 heavy (non-hydrogen) atoms. The van der Waals surface area contributed by atoms with E-state index in [1.807, 2.05) is 12.2 Å². The Morgan fingerprint density at radius 2 is 1.57 bits per heavy atom. The molecule has 214 valence electrons. The Morgan fingerprint density at radius 3 is 2.27 bits per heavy atom. The summed E-state index contributed by atoms with van der Waals surface area (Å²) in [5, 5.41) is 0. The minimum absolute atomic E-state index is 0.283. The average Bonchev–Trinajstić information content (AvgIpc) is 2.85. The Kier molecular flexibility index (Phi) is 13.1. The first kappa shape index (κ1) is 33.2. The van der Waals surface area contributed by atoms with Gasteiger partial charge in [-0.05, 0) is 112 Å². The molecule has 0 saturated heterocycles.